The molecular formula is C20H25F2N3O2. The van der Waals surface area contributed by atoms with Crippen molar-refractivity contribution in [3.63, 3.8) is 0 Å². The van der Waals surface area contributed by atoms with Crippen LogP contribution in [0.15, 0.2) is 24.4 Å². The predicted molar refractivity (Wildman–Crippen MR) is 101 cm³/mol. The van der Waals surface area contributed by atoms with E-state index in [1.54, 1.807) is 24.2 Å². The fourth-order valence-electron chi connectivity index (χ4n) is 3.44. The molecule has 2 aromatic rings. The second-order valence-electron chi connectivity index (χ2n) is 8.08. The third kappa shape index (κ3) is 4.46. The first-order chi connectivity index (χ1) is 12.6. The van der Waals surface area contributed by atoms with Crippen LogP contribution >= 0.6 is 0 Å². The van der Waals surface area contributed by atoms with E-state index in [-0.39, 0.29) is 17.5 Å². The average Bonchev–Trinajstić information content (AvgIpc) is 3.01. The largest absolute Gasteiger partial charge is 0.444 e. The van der Waals surface area contributed by atoms with Gasteiger partial charge in [0.1, 0.15) is 16.9 Å². The quantitative estimate of drug-likeness (QED) is 0.804. The van der Waals surface area contributed by atoms with Gasteiger partial charge in [-0.1, -0.05) is 0 Å². The van der Waals surface area contributed by atoms with E-state index in [0.717, 1.165) is 24.7 Å². The van der Waals surface area contributed by atoms with Crippen LogP contribution in [0.1, 0.15) is 27.2 Å². The molecule has 5 nitrogen and oxygen atoms in total. The number of fused-ring (bicyclic) bond motifs is 1. The van der Waals surface area contributed by atoms with Gasteiger partial charge in [-0.3, -0.25) is 4.98 Å². The van der Waals surface area contributed by atoms with Crippen LogP contribution in [0, 0.1) is 17.6 Å². The molecule has 1 aromatic heterocycles. The number of hydrogen-bond donors (Lipinski definition) is 0. The molecule has 7 heteroatoms. The van der Waals surface area contributed by atoms with Gasteiger partial charge in [-0.15, -0.1) is 0 Å². The van der Waals surface area contributed by atoms with Crippen molar-refractivity contribution in [2.45, 2.75) is 32.8 Å². The summed E-state index contributed by atoms with van der Waals surface area (Å²) in [6.07, 6.45) is 2.08. The highest BCUT2D eigenvalue weighted by atomic mass is 19.1. The number of hydrogen-bond acceptors (Lipinski definition) is 4. The number of ether oxygens (including phenoxy) is 1. The number of halogens is 2. The zero-order chi connectivity index (χ0) is 19.8. The van der Waals surface area contributed by atoms with E-state index in [0.29, 0.717) is 18.5 Å². The summed E-state index contributed by atoms with van der Waals surface area (Å²) in [6.45, 7) is 7.53. The molecule has 27 heavy (non-hydrogen) atoms. The minimum absolute atomic E-state index is 0.170. The van der Waals surface area contributed by atoms with Gasteiger partial charge in [0.05, 0.1) is 0 Å². The lowest BCUT2D eigenvalue weighted by Crippen LogP contribution is -2.37. The van der Waals surface area contributed by atoms with Crippen molar-refractivity contribution in [3.05, 3.63) is 36.0 Å². The summed E-state index contributed by atoms with van der Waals surface area (Å²) in [5.41, 5.74) is 0.404. The minimum Gasteiger partial charge on any atom is -0.444 e. The molecule has 0 saturated carbocycles. The number of benzene rings is 1. The van der Waals surface area contributed by atoms with Crippen LogP contribution in [0.2, 0.25) is 0 Å². The standard InChI is InChI=1S/C20H25F2N3O2/c1-20(2,3)27-19(26)24(4)11-13-6-8-25(12-13)17-5-7-23-18-15(17)9-14(21)10-16(18)22/h5,7,9-10,13H,6,8,11-12H2,1-4H3. The second kappa shape index (κ2) is 7.29. The Morgan fingerprint density at radius 3 is 2.81 bits per heavy atom. The first-order valence-corrected chi connectivity index (χ1v) is 9.07. The molecule has 1 saturated heterocycles. The summed E-state index contributed by atoms with van der Waals surface area (Å²) in [6, 6.07) is 3.95. The Kier molecular flexibility index (Phi) is 5.22. The number of carbonyl (C=O) groups is 1. The number of aromatic nitrogens is 1. The number of nitrogens with zero attached hydrogens (tertiary/aromatic N) is 3. The van der Waals surface area contributed by atoms with Crippen LogP contribution in [-0.4, -0.2) is 48.3 Å². The lowest BCUT2D eigenvalue weighted by molar-refractivity contribution is 0.0277. The lowest BCUT2D eigenvalue weighted by atomic mass is 10.1. The van der Waals surface area contributed by atoms with Gasteiger partial charge in [-0.05, 0) is 45.2 Å². The minimum atomic E-state index is -0.660. The summed E-state index contributed by atoms with van der Waals surface area (Å²) in [5, 5.41) is 0.469. The van der Waals surface area contributed by atoms with Crippen LogP contribution < -0.4 is 4.90 Å². The third-order valence-electron chi connectivity index (χ3n) is 4.60. The van der Waals surface area contributed by atoms with Crippen molar-refractivity contribution in [1.29, 1.82) is 0 Å². The van der Waals surface area contributed by atoms with Crippen molar-refractivity contribution in [2.75, 3.05) is 31.6 Å². The van der Waals surface area contributed by atoms with Gasteiger partial charge in [0.2, 0.25) is 0 Å². The van der Waals surface area contributed by atoms with Crippen LogP contribution in [0.3, 0.4) is 0 Å². The highest BCUT2D eigenvalue weighted by Crippen LogP contribution is 2.31. The smallest absolute Gasteiger partial charge is 0.410 e. The summed E-state index contributed by atoms with van der Waals surface area (Å²) < 4.78 is 33.1. The van der Waals surface area contributed by atoms with E-state index in [1.807, 2.05) is 20.8 Å². The molecule has 0 spiro atoms. The Bertz CT molecular complexity index is 851. The van der Waals surface area contributed by atoms with Crippen molar-refractivity contribution in [3.8, 4) is 0 Å². The topological polar surface area (TPSA) is 45.7 Å². The highest BCUT2D eigenvalue weighted by molar-refractivity contribution is 5.92. The Morgan fingerprint density at radius 1 is 1.37 bits per heavy atom. The average molecular weight is 377 g/mol. The fraction of sp³-hybridized carbons (Fsp3) is 0.500. The van der Waals surface area contributed by atoms with Crippen molar-refractivity contribution < 1.29 is 18.3 Å². The van der Waals surface area contributed by atoms with Gasteiger partial charge in [0.25, 0.3) is 0 Å². The van der Waals surface area contributed by atoms with Crippen LogP contribution in [0.4, 0.5) is 19.3 Å². The number of rotatable bonds is 3. The normalized spacial score (nSPS) is 17.4. The fourth-order valence-corrected chi connectivity index (χ4v) is 3.44. The van der Waals surface area contributed by atoms with E-state index < -0.39 is 17.2 Å². The Labute approximate surface area is 157 Å². The maximum atomic E-state index is 14.0. The Balaban J connectivity index is 1.72. The molecule has 1 aliphatic rings. The Morgan fingerprint density at radius 2 is 2.11 bits per heavy atom. The maximum absolute atomic E-state index is 14.0. The molecule has 0 radical (unpaired) electrons. The van der Waals surface area contributed by atoms with Crippen molar-refractivity contribution in [1.82, 2.24) is 9.88 Å². The summed E-state index contributed by atoms with van der Waals surface area (Å²) in [5.74, 6) is -1.02. The zero-order valence-corrected chi connectivity index (χ0v) is 16.1. The van der Waals surface area contributed by atoms with E-state index in [2.05, 4.69) is 9.88 Å². The van der Waals surface area contributed by atoms with Gasteiger partial charge in [0.15, 0.2) is 5.82 Å². The number of amides is 1. The molecule has 146 valence electrons. The van der Waals surface area contributed by atoms with E-state index in [4.69, 9.17) is 4.74 Å². The van der Waals surface area contributed by atoms with Gasteiger partial charge < -0.3 is 14.5 Å². The second-order valence-corrected chi connectivity index (χ2v) is 8.08. The van der Waals surface area contributed by atoms with Crippen molar-refractivity contribution in [2.24, 2.45) is 5.92 Å². The Hall–Kier alpha value is -2.44. The molecule has 1 unspecified atom stereocenters. The van der Waals surface area contributed by atoms with Crippen molar-refractivity contribution >= 4 is 22.7 Å². The van der Waals surface area contributed by atoms with Gasteiger partial charge in [-0.2, -0.15) is 0 Å². The van der Waals surface area contributed by atoms with Gasteiger partial charge >= 0.3 is 6.09 Å². The third-order valence-corrected chi connectivity index (χ3v) is 4.60. The molecule has 1 aliphatic heterocycles. The summed E-state index contributed by atoms with van der Waals surface area (Å²) >= 11 is 0. The van der Waals surface area contributed by atoms with E-state index in [1.165, 1.54) is 6.07 Å². The SMILES string of the molecule is CN(CC1CCN(c2ccnc3c(F)cc(F)cc23)C1)C(=O)OC(C)(C)C. The highest BCUT2D eigenvalue weighted by Gasteiger charge is 2.28. The van der Waals surface area contributed by atoms with Gasteiger partial charge in [0, 0.05) is 50.0 Å². The summed E-state index contributed by atoms with van der Waals surface area (Å²) in [7, 11) is 1.73. The molecule has 0 N–H and O–H groups in total. The number of pyridine rings is 1. The van der Waals surface area contributed by atoms with Crippen LogP contribution in [0.25, 0.3) is 10.9 Å². The molecule has 1 atom stereocenters. The monoisotopic (exact) mass is 377 g/mol. The predicted octanol–water partition coefficient (Wildman–Crippen LogP) is 4.21. The maximum Gasteiger partial charge on any atom is 0.410 e. The lowest BCUT2D eigenvalue weighted by Gasteiger charge is -2.26. The first kappa shape index (κ1) is 19.3. The molecule has 1 fully saturated rings. The van der Waals surface area contributed by atoms with Gasteiger partial charge in [-0.25, -0.2) is 13.6 Å². The molecule has 0 aliphatic carbocycles. The zero-order valence-electron chi connectivity index (χ0n) is 16.1. The molecule has 3 rings (SSSR count). The molecule has 1 amide bonds. The summed E-state index contributed by atoms with van der Waals surface area (Å²) in [4.78, 5) is 19.9. The first-order valence-electron chi connectivity index (χ1n) is 9.07. The van der Waals surface area contributed by atoms with E-state index >= 15 is 0 Å². The van der Waals surface area contributed by atoms with Crippen LogP contribution in [0.5, 0.6) is 0 Å². The number of anilines is 1. The number of carbonyl (C=O) groups excluding carboxylic acids is 1. The molecule has 2 heterocycles. The molecule has 1 aromatic carbocycles. The van der Waals surface area contributed by atoms with E-state index in [9.17, 15) is 13.6 Å². The molecular weight excluding hydrogens is 352 g/mol. The van der Waals surface area contributed by atoms with Crippen LogP contribution in [-0.2, 0) is 4.74 Å². The molecule has 0 bridgehead atoms.